The number of nitrogens with one attached hydrogen (secondary N) is 1. The Bertz CT molecular complexity index is 489. The van der Waals surface area contributed by atoms with Gasteiger partial charge in [0.05, 0.1) is 13.2 Å². The highest BCUT2D eigenvalue weighted by Gasteiger charge is 2.14. The molecule has 2 aromatic rings. The van der Waals surface area contributed by atoms with Crippen molar-refractivity contribution >= 4 is 11.3 Å². The topological polar surface area (TPSA) is 21.3 Å². The number of ether oxygens (including phenoxy) is 1. The predicted octanol–water partition coefficient (Wildman–Crippen LogP) is 3.63. The van der Waals surface area contributed by atoms with Crippen molar-refractivity contribution in [1.29, 1.82) is 0 Å². The first-order valence-corrected chi connectivity index (χ1v) is 7.05. The smallest absolute Gasteiger partial charge is 0.129 e. The minimum Gasteiger partial charge on any atom is -0.496 e. The second kappa shape index (κ2) is 6.03. The lowest BCUT2D eigenvalue weighted by Gasteiger charge is -2.15. The van der Waals surface area contributed by atoms with Crippen LogP contribution in [0.15, 0.2) is 35.7 Å². The lowest BCUT2D eigenvalue weighted by molar-refractivity contribution is 0.416. The van der Waals surface area contributed by atoms with E-state index in [1.165, 1.54) is 16.0 Å². The maximum atomic E-state index is 5.24. The Morgan fingerprint density at radius 1 is 1.28 bits per heavy atom. The number of rotatable bonds is 5. The molecule has 0 bridgehead atoms. The van der Waals surface area contributed by atoms with E-state index in [-0.39, 0.29) is 6.04 Å². The number of hydrogen-bond donors (Lipinski definition) is 1. The fourth-order valence-corrected chi connectivity index (χ4v) is 3.00. The molecular formula is C15H19NOS. The molecule has 0 saturated heterocycles. The third-order valence-electron chi connectivity index (χ3n) is 3.13. The molecule has 0 radical (unpaired) electrons. The summed E-state index contributed by atoms with van der Waals surface area (Å²) in [5.74, 6) is 0.931. The van der Waals surface area contributed by atoms with Crippen LogP contribution in [0.4, 0.5) is 0 Å². The van der Waals surface area contributed by atoms with Crippen LogP contribution >= 0.6 is 11.3 Å². The first-order chi connectivity index (χ1) is 8.78. The van der Waals surface area contributed by atoms with Gasteiger partial charge in [-0.3, -0.25) is 0 Å². The Kier molecular flexibility index (Phi) is 4.39. The van der Waals surface area contributed by atoms with Gasteiger partial charge in [-0.2, -0.15) is 0 Å². The Hall–Kier alpha value is -1.32. The van der Waals surface area contributed by atoms with Crippen molar-refractivity contribution in [2.45, 2.75) is 19.4 Å². The van der Waals surface area contributed by atoms with E-state index in [2.05, 4.69) is 42.6 Å². The van der Waals surface area contributed by atoms with Crippen molar-refractivity contribution in [2.75, 3.05) is 14.2 Å². The number of hydrogen-bond acceptors (Lipinski definition) is 3. The summed E-state index contributed by atoms with van der Waals surface area (Å²) in [6.07, 6.45) is 1.08. The van der Waals surface area contributed by atoms with Crippen LogP contribution in [-0.4, -0.2) is 14.2 Å². The molecule has 1 aromatic carbocycles. The zero-order valence-electron chi connectivity index (χ0n) is 11.1. The van der Waals surface area contributed by atoms with Crippen molar-refractivity contribution in [3.05, 3.63) is 51.7 Å². The highest BCUT2D eigenvalue weighted by Crippen LogP contribution is 2.30. The normalized spacial score (nSPS) is 12.4. The van der Waals surface area contributed by atoms with Gasteiger partial charge < -0.3 is 10.1 Å². The van der Waals surface area contributed by atoms with Crippen molar-refractivity contribution in [3.8, 4) is 5.75 Å². The first-order valence-electron chi connectivity index (χ1n) is 6.17. The molecule has 1 atom stereocenters. The maximum absolute atomic E-state index is 5.24. The van der Waals surface area contributed by atoms with Crippen LogP contribution in [0.3, 0.4) is 0 Å². The number of methoxy groups -OCH3 is 1. The molecule has 0 aliphatic rings. The maximum Gasteiger partial charge on any atom is 0.129 e. The Morgan fingerprint density at radius 2 is 2.00 bits per heavy atom. The van der Waals surface area contributed by atoms with E-state index < -0.39 is 0 Å². The van der Waals surface area contributed by atoms with E-state index in [0.717, 1.165) is 12.2 Å². The molecule has 0 spiro atoms. The summed E-state index contributed by atoms with van der Waals surface area (Å²) in [4.78, 5) is 1.28. The molecule has 2 nitrogen and oxygen atoms in total. The van der Waals surface area contributed by atoms with Gasteiger partial charge in [-0.25, -0.2) is 0 Å². The molecule has 0 aliphatic carbocycles. The average molecular weight is 261 g/mol. The van der Waals surface area contributed by atoms with Crippen LogP contribution in [0, 0.1) is 0 Å². The fraction of sp³-hybridized carbons (Fsp3) is 0.333. The summed E-state index contributed by atoms with van der Waals surface area (Å²) in [6.45, 7) is 2.18. The summed E-state index contributed by atoms with van der Waals surface area (Å²) in [5, 5.41) is 5.41. The van der Waals surface area contributed by atoms with Gasteiger partial charge in [0, 0.05) is 10.3 Å². The van der Waals surface area contributed by atoms with Gasteiger partial charge in [0.15, 0.2) is 0 Å². The lowest BCUT2D eigenvalue weighted by atomic mass is 10.0. The summed E-state index contributed by atoms with van der Waals surface area (Å²) in [6, 6.07) is 11.1. The molecule has 0 amide bonds. The molecular weight excluding hydrogens is 242 g/mol. The molecule has 1 heterocycles. The Morgan fingerprint density at radius 3 is 2.50 bits per heavy atom. The molecule has 0 saturated carbocycles. The van der Waals surface area contributed by atoms with Crippen molar-refractivity contribution in [2.24, 2.45) is 0 Å². The second-order valence-electron chi connectivity index (χ2n) is 4.21. The number of aryl methyl sites for hydroxylation is 1. The summed E-state index contributed by atoms with van der Waals surface area (Å²) in [5.41, 5.74) is 2.66. The van der Waals surface area contributed by atoms with Gasteiger partial charge in [-0.1, -0.05) is 31.2 Å². The van der Waals surface area contributed by atoms with Crippen molar-refractivity contribution < 1.29 is 4.74 Å². The van der Waals surface area contributed by atoms with Crippen LogP contribution in [0.1, 0.15) is 29.0 Å². The quantitative estimate of drug-likeness (QED) is 0.887. The van der Waals surface area contributed by atoms with E-state index in [1.54, 1.807) is 18.4 Å². The number of benzene rings is 1. The standard InChI is InChI=1S/C15H19NOS/c1-4-11-5-7-12(8-6-11)15(16-2)14-9-13(17-3)10-18-14/h5-10,15-16H,4H2,1-3H3. The molecule has 0 aliphatic heterocycles. The van der Waals surface area contributed by atoms with Gasteiger partial charge in [-0.05, 0) is 30.7 Å². The first kappa shape index (κ1) is 13.1. The Labute approximate surface area is 113 Å². The zero-order valence-corrected chi connectivity index (χ0v) is 11.9. The van der Waals surface area contributed by atoms with Gasteiger partial charge in [-0.15, -0.1) is 11.3 Å². The lowest BCUT2D eigenvalue weighted by Crippen LogP contribution is -2.16. The molecule has 3 heteroatoms. The summed E-state index contributed by atoms with van der Waals surface area (Å²) >= 11 is 1.72. The van der Waals surface area contributed by atoms with E-state index >= 15 is 0 Å². The third kappa shape index (κ3) is 2.74. The third-order valence-corrected chi connectivity index (χ3v) is 4.10. The highest BCUT2D eigenvalue weighted by molar-refractivity contribution is 7.10. The van der Waals surface area contributed by atoms with Gasteiger partial charge in [0.2, 0.25) is 0 Å². The molecule has 18 heavy (non-hydrogen) atoms. The number of thiophene rings is 1. The van der Waals surface area contributed by atoms with Crippen molar-refractivity contribution in [1.82, 2.24) is 5.32 Å². The van der Waals surface area contributed by atoms with Gasteiger partial charge in [0.25, 0.3) is 0 Å². The van der Waals surface area contributed by atoms with E-state index in [4.69, 9.17) is 4.74 Å². The van der Waals surface area contributed by atoms with Crippen LogP contribution in [0.2, 0.25) is 0 Å². The van der Waals surface area contributed by atoms with Crippen LogP contribution in [0.25, 0.3) is 0 Å². The van der Waals surface area contributed by atoms with E-state index in [9.17, 15) is 0 Å². The molecule has 1 unspecified atom stereocenters. The minimum absolute atomic E-state index is 0.241. The average Bonchev–Trinajstić information content (AvgIpc) is 2.89. The van der Waals surface area contributed by atoms with Crippen LogP contribution < -0.4 is 10.1 Å². The Balaban J connectivity index is 2.26. The van der Waals surface area contributed by atoms with Crippen molar-refractivity contribution in [3.63, 3.8) is 0 Å². The summed E-state index contributed by atoms with van der Waals surface area (Å²) in [7, 11) is 3.70. The second-order valence-corrected chi connectivity index (χ2v) is 5.15. The molecule has 1 N–H and O–H groups in total. The van der Waals surface area contributed by atoms with E-state index in [0.29, 0.717) is 0 Å². The van der Waals surface area contributed by atoms with Crippen LogP contribution in [0.5, 0.6) is 5.75 Å². The summed E-state index contributed by atoms with van der Waals surface area (Å²) < 4.78 is 5.24. The monoisotopic (exact) mass is 261 g/mol. The van der Waals surface area contributed by atoms with Crippen LogP contribution in [-0.2, 0) is 6.42 Å². The SMILES string of the molecule is CCc1ccc(C(NC)c2cc(OC)cs2)cc1. The zero-order chi connectivity index (χ0) is 13.0. The largest absolute Gasteiger partial charge is 0.496 e. The molecule has 1 aromatic heterocycles. The molecule has 96 valence electrons. The molecule has 0 fully saturated rings. The highest BCUT2D eigenvalue weighted by atomic mass is 32.1. The van der Waals surface area contributed by atoms with E-state index in [1.807, 2.05) is 12.4 Å². The van der Waals surface area contributed by atoms with Gasteiger partial charge >= 0.3 is 0 Å². The predicted molar refractivity (Wildman–Crippen MR) is 77.6 cm³/mol. The fourth-order valence-electron chi connectivity index (χ4n) is 2.01. The molecule has 2 rings (SSSR count). The van der Waals surface area contributed by atoms with Gasteiger partial charge in [0.1, 0.15) is 5.75 Å². The minimum atomic E-state index is 0.241.